The second kappa shape index (κ2) is 6.30. The molecule has 1 aromatic rings. The Balaban J connectivity index is 2.50. The van der Waals surface area contributed by atoms with E-state index in [0.29, 0.717) is 0 Å². The molecular formula is C13H20N2O. The van der Waals surface area contributed by atoms with Gasteiger partial charge in [-0.05, 0) is 37.5 Å². The summed E-state index contributed by atoms with van der Waals surface area (Å²) in [5.74, 6) is 6.34. The van der Waals surface area contributed by atoms with E-state index in [1.54, 1.807) is 7.11 Å². The van der Waals surface area contributed by atoms with Crippen LogP contribution in [-0.4, -0.2) is 13.2 Å². The van der Waals surface area contributed by atoms with Crippen LogP contribution in [0.2, 0.25) is 0 Å². The summed E-state index contributed by atoms with van der Waals surface area (Å²) in [6, 6.07) is 8.28. The zero-order valence-corrected chi connectivity index (χ0v) is 9.99. The van der Waals surface area contributed by atoms with Crippen molar-refractivity contribution in [1.29, 1.82) is 0 Å². The summed E-state index contributed by atoms with van der Waals surface area (Å²) in [5, 5.41) is 0. The third kappa shape index (κ3) is 3.68. The molecule has 0 saturated heterocycles. The van der Waals surface area contributed by atoms with Gasteiger partial charge in [-0.15, -0.1) is 0 Å². The molecule has 0 aliphatic heterocycles. The van der Waals surface area contributed by atoms with Gasteiger partial charge in [-0.25, -0.2) is 0 Å². The Kier molecular flexibility index (Phi) is 5.02. The summed E-state index contributed by atoms with van der Waals surface area (Å²) < 4.78 is 5.11. The number of rotatable bonds is 6. The lowest BCUT2D eigenvalue weighted by Gasteiger charge is -2.15. The first-order chi connectivity index (χ1) is 7.67. The molecule has 0 aliphatic carbocycles. The minimum absolute atomic E-state index is 0.183. The fourth-order valence-corrected chi connectivity index (χ4v) is 1.58. The second-order valence-corrected chi connectivity index (χ2v) is 3.95. The molecule has 0 bridgehead atoms. The van der Waals surface area contributed by atoms with Crippen molar-refractivity contribution in [3.8, 4) is 5.75 Å². The van der Waals surface area contributed by atoms with Crippen molar-refractivity contribution in [2.45, 2.75) is 25.8 Å². The van der Waals surface area contributed by atoms with E-state index in [1.165, 1.54) is 5.56 Å². The molecule has 1 rings (SSSR count). The highest BCUT2D eigenvalue weighted by atomic mass is 16.5. The maximum Gasteiger partial charge on any atom is 0.118 e. The molecule has 1 unspecified atom stereocenters. The van der Waals surface area contributed by atoms with Crippen molar-refractivity contribution in [3.05, 3.63) is 42.0 Å². The third-order valence-electron chi connectivity index (χ3n) is 2.68. The van der Waals surface area contributed by atoms with Gasteiger partial charge in [0.15, 0.2) is 0 Å². The summed E-state index contributed by atoms with van der Waals surface area (Å²) >= 11 is 0. The van der Waals surface area contributed by atoms with E-state index in [2.05, 4.69) is 24.1 Å². The van der Waals surface area contributed by atoms with Crippen LogP contribution in [0.25, 0.3) is 0 Å². The molecule has 1 atom stereocenters. The predicted molar refractivity (Wildman–Crippen MR) is 67.2 cm³/mol. The number of aryl methyl sites for hydroxylation is 1. The molecule has 3 nitrogen and oxygen atoms in total. The molecule has 3 N–H and O–H groups in total. The van der Waals surface area contributed by atoms with Gasteiger partial charge in [0.2, 0.25) is 0 Å². The summed E-state index contributed by atoms with van der Waals surface area (Å²) in [4.78, 5) is 0. The molecule has 0 aromatic heterocycles. The average Bonchev–Trinajstić information content (AvgIpc) is 2.30. The molecule has 0 fully saturated rings. The van der Waals surface area contributed by atoms with Gasteiger partial charge in [0, 0.05) is 6.04 Å². The van der Waals surface area contributed by atoms with Crippen LogP contribution < -0.4 is 16.0 Å². The number of nitrogens with two attached hydrogens (primary N) is 1. The van der Waals surface area contributed by atoms with Crippen LogP contribution in [0, 0.1) is 0 Å². The minimum Gasteiger partial charge on any atom is -0.497 e. The quantitative estimate of drug-likeness (QED) is 0.438. The van der Waals surface area contributed by atoms with Crippen LogP contribution in [0.15, 0.2) is 36.4 Å². The van der Waals surface area contributed by atoms with Crippen molar-refractivity contribution in [2.75, 3.05) is 7.11 Å². The lowest BCUT2D eigenvalue weighted by Crippen LogP contribution is -2.36. The van der Waals surface area contributed by atoms with Crippen LogP contribution >= 0.6 is 0 Å². The molecule has 0 aliphatic rings. The first-order valence-corrected chi connectivity index (χ1v) is 5.42. The highest BCUT2D eigenvalue weighted by Gasteiger charge is 2.06. The topological polar surface area (TPSA) is 47.3 Å². The molecule has 0 spiro atoms. The molecule has 3 heteroatoms. The number of hydrogen-bond donors (Lipinski definition) is 2. The Bertz CT molecular complexity index is 332. The van der Waals surface area contributed by atoms with Crippen LogP contribution in [0.4, 0.5) is 0 Å². The molecule has 16 heavy (non-hydrogen) atoms. The Labute approximate surface area is 97.3 Å². The van der Waals surface area contributed by atoms with Crippen molar-refractivity contribution in [3.63, 3.8) is 0 Å². The standard InChI is InChI=1S/C13H20N2O/c1-10(2)13(15-14)9-6-11-4-7-12(16-3)8-5-11/h4-5,7-8,13,15H,1,6,9,14H2,2-3H3. The van der Waals surface area contributed by atoms with E-state index in [9.17, 15) is 0 Å². The van der Waals surface area contributed by atoms with Gasteiger partial charge in [-0.1, -0.05) is 24.3 Å². The summed E-state index contributed by atoms with van der Waals surface area (Å²) in [6.07, 6.45) is 1.93. The zero-order valence-electron chi connectivity index (χ0n) is 9.99. The molecule has 0 heterocycles. The molecule has 0 amide bonds. The largest absolute Gasteiger partial charge is 0.497 e. The number of hydrazine groups is 1. The molecule has 1 aromatic carbocycles. The SMILES string of the molecule is C=C(C)C(CCc1ccc(OC)cc1)NN. The minimum atomic E-state index is 0.183. The van der Waals surface area contributed by atoms with Crippen molar-refractivity contribution >= 4 is 0 Å². The fourth-order valence-electron chi connectivity index (χ4n) is 1.58. The van der Waals surface area contributed by atoms with E-state index >= 15 is 0 Å². The number of ether oxygens (including phenoxy) is 1. The smallest absolute Gasteiger partial charge is 0.118 e. The number of hydrogen-bond acceptors (Lipinski definition) is 3. The van der Waals surface area contributed by atoms with E-state index < -0.39 is 0 Å². The zero-order chi connectivity index (χ0) is 12.0. The summed E-state index contributed by atoms with van der Waals surface area (Å²) in [6.45, 7) is 5.89. The lowest BCUT2D eigenvalue weighted by molar-refractivity contribution is 0.414. The monoisotopic (exact) mass is 220 g/mol. The Hall–Kier alpha value is -1.32. The number of methoxy groups -OCH3 is 1. The normalized spacial score (nSPS) is 12.2. The van der Waals surface area contributed by atoms with Crippen LogP contribution in [0.5, 0.6) is 5.75 Å². The molecular weight excluding hydrogens is 200 g/mol. The van der Waals surface area contributed by atoms with Crippen LogP contribution in [0.1, 0.15) is 18.9 Å². The maximum absolute atomic E-state index is 5.45. The van der Waals surface area contributed by atoms with E-state index in [4.69, 9.17) is 10.6 Å². The Morgan fingerprint density at radius 1 is 1.44 bits per heavy atom. The fraction of sp³-hybridized carbons (Fsp3) is 0.385. The van der Waals surface area contributed by atoms with Crippen molar-refractivity contribution in [1.82, 2.24) is 5.43 Å². The highest BCUT2D eigenvalue weighted by molar-refractivity contribution is 5.27. The molecule has 0 radical (unpaired) electrons. The lowest BCUT2D eigenvalue weighted by atomic mass is 10.0. The average molecular weight is 220 g/mol. The Morgan fingerprint density at radius 3 is 2.50 bits per heavy atom. The molecule has 0 saturated carbocycles. The number of benzene rings is 1. The third-order valence-corrected chi connectivity index (χ3v) is 2.68. The summed E-state index contributed by atoms with van der Waals surface area (Å²) in [7, 11) is 1.67. The van der Waals surface area contributed by atoms with Crippen molar-refractivity contribution < 1.29 is 4.74 Å². The van der Waals surface area contributed by atoms with Gasteiger partial charge < -0.3 is 4.74 Å². The van der Waals surface area contributed by atoms with Gasteiger partial charge in [0.25, 0.3) is 0 Å². The van der Waals surface area contributed by atoms with E-state index in [-0.39, 0.29) is 6.04 Å². The van der Waals surface area contributed by atoms with Gasteiger partial charge in [0.05, 0.1) is 7.11 Å². The van der Waals surface area contributed by atoms with Gasteiger partial charge >= 0.3 is 0 Å². The first kappa shape index (κ1) is 12.7. The Morgan fingerprint density at radius 2 is 2.06 bits per heavy atom. The maximum atomic E-state index is 5.45. The van der Waals surface area contributed by atoms with Gasteiger partial charge in [0.1, 0.15) is 5.75 Å². The van der Waals surface area contributed by atoms with Gasteiger partial charge in [-0.3, -0.25) is 11.3 Å². The predicted octanol–water partition coefficient (Wildman–Crippen LogP) is 2.04. The summed E-state index contributed by atoms with van der Waals surface area (Å²) in [5.41, 5.74) is 5.12. The van der Waals surface area contributed by atoms with Gasteiger partial charge in [-0.2, -0.15) is 0 Å². The van der Waals surface area contributed by atoms with E-state index in [1.807, 2.05) is 19.1 Å². The molecule has 88 valence electrons. The van der Waals surface area contributed by atoms with E-state index in [0.717, 1.165) is 24.2 Å². The second-order valence-electron chi connectivity index (χ2n) is 3.95. The van der Waals surface area contributed by atoms with Crippen LogP contribution in [-0.2, 0) is 6.42 Å². The van der Waals surface area contributed by atoms with Crippen LogP contribution in [0.3, 0.4) is 0 Å². The highest BCUT2D eigenvalue weighted by Crippen LogP contribution is 2.14. The first-order valence-electron chi connectivity index (χ1n) is 5.42. The number of nitrogens with one attached hydrogen (secondary N) is 1. The van der Waals surface area contributed by atoms with Crippen molar-refractivity contribution in [2.24, 2.45) is 5.84 Å².